The van der Waals surface area contributed by atoms with Gasteiger partial charge >= 0.3 is 0 Å². The molecule has 2 aromatic rings. The first-order chi connectivity index (χ1) is 10.1. The molecule has 0 atom stereocenters. The average molecular weight is 281 g/mol. The number of hydrogen-bond acceptors (Lipinski definition) is 3. The van der Waals surface area contributed by atoms with E-state index in [1.807, 2.05) is 25.1 Å². The van der Waals surface area contributed by atoms with Crippen molar-refractivity contribution in [2.45, 2.75) is 26.2 Å². The highest BCUT2D eigenvalue weighted by molar-refractivity contribution is 5.96. The van der Waals surface area contributed by atoms with Gasteiger partial charge in [-0.15, -0.1) is 0 Å². The van der Waals surface area contributed by atoms with E-state index in [0.29, 0.717) is 6.42 Å². The summed E-state index contributed by atoms with van der Waals surface area (Å²) in [5.41, 5.74) is 10.7. The van der Waals surface area contributed by atoms with Gasteiger partial charge in [0, 0.05) is 24.1 Å². The van der Waals surface area contributed by atoms with Crippen LogP contribution in [0.4, 0.5) is 5.69 Å². The molecule has 2 aromatic carbocycles. The number of aryl methyl sites for hydroxylation is 2. The van der Waals surface area contributed by atoms with Crippen molar-refractivity contribution >= 4 is 11.5 Å². The summed E-state index contributed by atoms with van der Waals surface area (Å²) in [6.07, 6.45) is 2.24. The highest BCUT2D eigenvalue weighted by atomic mass is 16.5. The second-order valence-corrected chi connectivity index (χ2v) is 5.54. The van der Waals surface area contributed by atoms with Gasteiger partial charge in [-0.1, -0.05) is 12.1 Å². The SMILES string of the molecule is Cc1cc(C(=O)CCc2ccc3c(c2)CCO3)ccc1N. The number of benzene rings is 2. The van der Waals surface area contributed by atoms with E-state index in [4.69, 9.17) is 10.5 Å². The molecular weight excluding hydrogens is 262 g/mol. The first-order valence-corrected chi connectivity index (χ1v) is 7.27. The Bertz CT molecular complexity index is 692. The van der Waals surface area contributed by atoms with E-state index in [1.165, 1.54) is 11.1 Å². The Balaban J connectivity index is 1.67. The summed E-state index contributed by atoms with van der Waals surface area (Å²) in [6.45, 7) is 2.69. The second-order valence-electron chi connectivity index (χ2n) is 5.54. The number of nitrogen functional groups attached to an aromatic ring is 1. The monoisotopic (exact) mass is 281 g/mol. The van der Waals surface area contributed by atoms with Gasteiger partial charge < -0.3 is 10.5 Å². The van der Waals surface area contributed by atoms with E-state index >= 15 is 0 Å². The van der Waals surface area contributed by atoms with Crippen LogP contribution < -0.4 is 10.5 Å². The van der Waals surface area contributed by atoms with Gasteiger partial charge in [-0.25, -0.2) is 0 Å². The predicted molar refractivity (Wildman–Crippen MR) is 83.9 cm³/mol. The van der Waals surface area contributed by atoms with E-state index in [-0.39, 0.29) is 5.78 Å². The molecule has 3 rings (SSSR count). The zero-order chi connectivity index (χ0) is 14.8. The van der Waals surface area contributed by atoms with E-state index in [1.54, 1.807) is 12.1 Å². The maximum Gasteiger partial charge on any atom is 0.163 e. The lowest BCUT2D eigenvalue weighted by Gasteiger charge is -2.06. The Hall–Kier alpha value is -2.29. The number of ether oxygens (including phenoxy) is 1. The minimum absolute atomic E-state index is 0.162. The van der Waals surface area contributed by atoms with Crippen molar-refractivity contribution in [1.29, 1.82) is 0 Å². The van der Waals surface area contributed by atoms with Crippen molar-refractivity contribution in [2.75, 3.05) is 12.3 Å². The zero-order valence-corrected chi connectivity index (χ0v) is 12.2. The Morgan fingerprint density at radius 1 is 1.24 bits per heavy atom. The third-order valence-electron chi connectivity index (χ3n) is 3.99. The topological polar surface area (TPSA) is 52.3 Å². The van der Waals surface area contributed by atoms with Gasteiger partial charge in [0.2, 0.25) is 0 Å². The second kappa shape index (κ2) is 5.60. The summed E-state index contributed by atoms with van der Waals surface area (Å²) < 4.78 is 5.49. The van der Waals surface area contributed by atoms with Crippen molar-refractivity contribution in [3.63, 3.8) is 0 Å². The summed E-state index contributed by atoms with van der Waals surface area (Å²) in [6, 6.07) is 11.7. The first kappa shape index (κ1) is 13.7. The standard InChI is InChI=1S/C18H19NO2/c1-12-10-14(4-5-16(12)19)17(20)6-2-13-3-7-18-15(11-13)8-9-21-18/h3-5,7,10-11H,2,6,8-9,19H2,1H3. The largest absolute Gasteiger partial charge is 0.493 e. The lowest BCUT2D eigenvalue weighted by molar-refractivity contribution is 0.0983. The minimum atomic E-state index is 0.162. The van der Waals surface area contributed by atoms with Crippen LogP contribution in [0.2, 0.25) is 0 Å². The van der Waals surface area contributed by atoms with Gasteiger partial charge in [0.15, 0.2) is 5.78 Å². The Kier molecular flexibility index (Phi) is 3.65. The van der Waals surface area contributed by atoms with E-state index in [9.17, 15) is 4.79 Å². The van der Waals surface area contributed by atoms with Gasteiger partial charge in [-0.3, -0.25) is 4.79 Å². The Morgan fingerprint density at radius 2 is 2.10 bits per heavy atom. The van der Waals surface area contributed by atoms with Crippen LogP contribution in [0.25, 0.3) is 0 Å². The van der Waals surface area contributed by atoms with Gasteiger partial charge in [0.05, 0.1) is 6.61 Å². The van der Waals surface area contributed by atoms with Crippen molar-refractivity contribution in [3.8, 4) is 5.75 Å². The van der Waals surface area contributed by atoms with Crippen LogP contribution in [0.5, 0.6) is 5.75 Å². The molecule has 108 valence electrons. The van der Waals surface area contributed by atoms with Crippen LogP contribution in [0.15, 0.2) is 36.4 Å². The fraction of sp³-hybridized carbons (Fsp3) is 0.278. The number of fused-ring (bicyclic) bond motifs is 1. The molecule has 0 fully saturated rings. The van der Waals surface area contributed by atoms with Crippen LogP contribution >= 0.6 is 0 Å². The van der Waals surface area contributed by atoms with E-state index < -0.39 is 0 Å². The first-order valence-electron chi connectivity index (χ1n) is 7.27. The molecule has 0 amide bonds. The maximum atomic E-state index is 12.2. The minimum Gasteiger partial charge on any atom is -0.493 e. The molecule has 1 aliphatic heterocycles. The number of hydrogen-bond donors (Lipinski definition) is 1. The molecule has 0 unspecified atom stereocenters. The fourth-order valence-electron chi connectivity index (χ4n) is 2.65. The molecule has 21 heavy (non-hydrogen) atoms. The van der Waals surface area contributed by atoms with Crippen LogP contribution in [0.1, 0.15) is 33.5 Å². The van der Waals surface area contributed by atoms with E-state index in [2.05, 4.69) is 6.07 Å². The fourth-order valence-corrected chi connectivity index (χ4v) is 2.65. The molecule has 1 heterocycles. The van der Waals surface area contributed by atoms with Crippen LogP contribution in [0, 0.1) is 6.92 Å². The summed E-state index contributed by atoms with van der Waals surface area (Å²) >= 11 is 0. The number of Topliss-reactive ketones (excluding diaryl/α,β-unsaturated/α-hetero) is 1. The molecule has 0 aliphatic carbocycles. The molecule has 0 aromatic heterocycles. The van der Waals surface area contributed by atoms with Gasteiger partial charge in [-0.05, 0) is 54.3 Å². The molecule has 3 heteroatoms. The number of nitrogens with two attached hydrogens (primary N) is 1. The molecule has 0 bridgehead atoms. The maximum absolute atomic E-state index is 12.2. The van der Waals surface area contributed by atoms with Gasteiger partial charge in [0.25, 0.3) is 0 Å². The van der Waals surface area contributed by atoms with Crippen molar-refractivity contribution in [1.82, 2.24) is 0 Å². The highest BCUT2D eigenvalue weighted by Crippen LogP contribution is 2.26. The Morgan fingerprint density at radius 3 is 2.90 bits per heavy atom. The molecule has 0 saturated heterocycles. The average Bonchev–Trinajstić information content (AvgIpc) is 2.95. The quantitative estimate of drug-likeness (QED) is 0.691. The van der Waals surface area contributed by atoms with Crippen LogP contribution in [-0.2, 0) is 12.8 Å². The third kappa shape index (κ3) is 2.92. The summed E-state index contributed by atoms with van der Waals surface area (Å²) in [5, 5.41) is 0. The van der Waals surface area contributed by atoms with Gasteiger partial charge in [-0.2, -0.15) is 0 Å². The van der Waals surface area contributed by atoms with Crippen molar-refractivity contribution in [2.24, 2.45) is 0 Å². The summed E-state index contributed by atoms with van der Waals surface area (Å²) in [5.74, 6) is 1.15. The lowest BCUT2D eigenvalue weighted by atomic mass is 9.99. The van der Waals surface area contributed by atoms with Crippen molar-refractivity contribution < 1.29 is 9.53 Å². The Labute approximate surface area is 124 Å². The zero-order valence-electron chi connectivity index (χ0n) is 12.2. The molecule has 2 N–H and O–H groups in total. The smallest absolute Gasteiger partial charge is 0.163 e. The number of rotatable bonds is 4. The summed E-state index contributed by atoms with van der Waals surface area (Å²) in [7, 11) is 0. The molecule has 0 spiro atoms. The molecule has 3 nitrogen and oxygen atoms in total. The van der Waals surface area contributed by atoms with Crippen LogP contribution in [-0.4, -0.2) is 12.4 Å². The van der Waals surface area contributed by atoms with E-state index in [0.717, 1.165) is 42.0 Å². The molecular formula is C18H19NO2. The normalized spacial score (nSPS) is 12.8. The molecule has 1 aliphatic rings. The third-order valence-corrected chi connectivity index (χ3v) is 3.99. The number of carbonyl (C=O) groups is 1. The van der Waals surface area contributed by atoms with Gasteiger partial charge in [0.1, 0.15) is 5.75 Å². The highest BCUT2D eigenvalue weighted by Gasteiger charge is 2.13. The number of carbonyl (C=O) groups excluding carboxylic acids is 1. The number of ketones is 1. The molecule has 0 saturated carbocycles. The van der Waals surface area contributed by atoms with Crippen molar-refractivity contribution in [3.05, 3.63) is 58.7 Å². The lowest BCUT2D eigenvalue weighted by Crippen LogP contribution is -2.03. The van der Waals surface area contributed by atoms with Crippen LogP contribution in [0.3, 0.4) is 0 Å². The predicted octanol–water partition coefficient (Wildman–Crippen LogP) is 3.33. The summed E-state index contributed by atoms with van der Waals surface area (Å²) in [4.78, 5) is 12.2. The number of anilines is 1. The molecule has 0 radical (unpaired) electrons.